The number of ether oxygens (including phenoxy) is 2. The van der Waals surface area contributed by atoms with Crippen LogP contribution in [0.25, 0.3) is 0 Å². The molecule has 0 bridgehead atoms. The van der Waals surface area contributed by atoms with Crippen LogP contribution >= 0.6 is 12.2 Å². The average molecular weight is 323 g/mol. The van der Waals surface area contributed by atoms with E-state index in [9.17, 15) is 0 Å². The number of methoxy groups -OCH3 is 1. The molecule has 0 saturated carbocycles. The summed E-state index contributed by atoms with van der Waals surface area (Å²) in [5.74, 6) is 1.41. The van der Waals surface area contributed by atoms with E-state index in [-0.39, 0.29) is 0 Å². The first-order chi connectivity index (χ1) is 10.7. The van der Waals surface area contributed by atoms with E-state index in [1.165, 1.54) is 12.8 Å². The summed E-state index contributed by atoms with van der Waals surface area (Å²) in [5, 5.41) is 7.77. The molecule has 0 aliphatic rings. The van der Waals surface area contributed by atoms with Gasteiger partial charge in [-0.15, -0.1) is 0 Å². The molecule has 0 aliphatic heterocycles. The highest BCUT2D eigenvalue weighted by Crippen LogP contribution is 2.27. The Labute approximate surface area is 138 Å². The SMILES string of the molecule is CCCCCNC(=S)N/N=C\c1ccc(OC)c(OCC)c1. The Morgan fingerprint density at radius 2 is 2.09 bits per heavy atom. The fourth-order valence-electron chi connectivity index (χ4n) is 1.82. The molecule has 122 valence electrons. The third-order valence-corrected chi connectivity index (χ3v) is 3.17. The molecule has 0 heterocycles. The van der Waals surface area contributed by atoms with Crippen molar-refractivity contribution in [2.24, 2.45) is 5.10 Å². The minimum atomic E-state index is 0.533. The molecular weight excluding hydrogens is 298 g/mol. The van der Waals surface area contributed by atoms with Gasteiger partial charge in [0.25, 0.3) is 0 Å². The number of hydrogen-bond acceptors (Lipinski definition) is 4. The number of hydrogen-bond donors (Lipinski definition) is 2. The van der Waals surface area contributed by atoms with Gasteiger partial charge in [0.05, 0.1) is 19.9 Å². The van der Waals surface area contributed by atoms with Crippen LogP contribution in [0, 0.1) is 0 Å². The Morgan fingerprint density at radius 1 is 1.27 bits per heavy atom. The lowest BCUT2D eigenvalue weighted by molar-refractivity contribution is 0.311. The quantitative estimate of drug-likeness (QED) is 0.316. The van der Waals surface area contributed by atoms with Crippen LogP contribution in [0.4, 0.5) is 0 Å². The number of thiocarbonyl (C=S) groups is 1. The summed E-state index contributed by atoms with van der Waals surface area (Å²) in [7, 11) is 1.62. The van der Waals surface area contributed by atoms with Gasteiger partial charge in [-0.05, 0) is 49.3 Å². The molecule has 0 aromatic heterocycles. The number of nitrogens with one attached hydrogen (secondary N) is 2. The number of rotatable bonds is 9. The second-order valence-corrected chi connectivity index (χ2v) is 5.08. The molecule has 0 fully saturated rings. The summed E-state index contributed by atoms with van der Waals surface area (Å²) < 4.78 is 10.8. The van der Waals surface area contributed by atoms with E-state index in [0.29, 0.717) is 23.2 Å². The van der Waals surface area contributed by atoms with Gasteiger partial charge in [0.15, 0.2) is 16.6 Å². The van der Waals surface area contributed by atoms with Gasteiger partial charge in [0, 0.05) is 6.54 Å². The zero-order chi connectivity index (χ0) is 16.2. The van der Waals surface area contributed by atoms with Crippen molar-refractivity contribution in [1.29, 1.82) is 0 Å². The molecule has 6 heteroatoms. The molecule has 1 aromatic rings. The van der Waals surface area contributed by atoms with Gasteiger partial charge in [-0.25, -0.2) is 0 Å². The van der Waals surface area contributed by atoms with Crippen molar-refractivity contribution in [3.63, 3.8) is 0 Å². The van der Waals surface area contributed by atoms with Crippen LogP contribution in [0.1, 0.15) is 38.7 Å². The standard InChI is InChI=1S/C16H25N3O2S/c1-4-6-7-10-17-16(22)19-18-12-13-8-9-14(20-3)15(11-13)21-5-2/h8-9,11-12H,4-7,10H2,1-3H3,(H2,17,19,22)/b18-12-. The second kappa shape index (κ2) is 10.8. The summed E-state index contributed by atoms with van der Waals surface area (Å²) in [6.45, 7) is 5.56. The Balaban J connectivity index is 2.48. The van der Waals surface area contributed by atoms with Gasteiger partial charge in [0.1, 0.15) is 0 Å². The monoisotopic (exact) mass is 323 g/mol. The Morgan fingerprint density at radius 3 is 2.77 bits per heavy atom. The van der Waals surface area contributed by atoms with Crippen LogP contribution < -0.4 is 20.2 Å². The zero-order valence-corrected chi connectivity index (χ0v) is 14.3. The van der Waals surface area contributed by atoms with E-state index in [4.69, 9.17) is 21.7 Å². The predicted molar refractivity (Wildman–Crippen MR) is 95.0 cm³/mol. The van der Waals surface area contributed by atoms with E-state index in [1.54, 1.807) is 13.3 Å². The minimum Gasteiger partial charge on any atom is -0.493 e. The van der Waals surface area contributed by atoms with Crippen molar-refractivity contribution in [1.82, 2.24) is 10.7 Å². The van der Waals surface area contributed by atoms with Gasteiger partial charge < -0.3 is 14.8 Å². The predicted octanol–water partition coefficient (Wildman–Crippen LogP) is 3.08. The number of hydrazone groups is 1. The van der Waals surface area contributed by atoms with Crippen molar-refractivity contribution in [2.45, 2.75) is 33.1 Å². The molecule has 0 amide bonds. The highest BCUT2D eigenvalue weighted by molar-refractivity contribution is 7.80. The third-order valence-electron chi connectivity index (χ3n) is 2.93. The molecule has 0 atom stereocenters. The summed E-state index contributed by atoms with van der Waals surface area (Å²) in [4.78, 5) is 0. The molecule has 0 aliphatic carbocycles. The molecule has 5 nitrogen and oxygen atoms in total. The first-order valence-corrected chi connectivity index (χ1v) is 7.99. The topological polar surface area (TPSA) is 54.9 Å². The van der Waals surface area contributed by atoms with Crippen LogP contribution in [-0.4, -0.2) is 31.6 Å². The fourth-order valence-corrected chi connectivity index (χ4v) is 1.98. The Kier molecular flexibility index (Phi) is 8.98. The van der Waals surface area contributed by atoms with E-state index in [0.717, 1.165) is 18.5 Å². The molecule has 0 saturated heterocycles. The van der Waals surface area contributed by atoms with Gasteiger partial charge >= 0.3 is 0 Å². The molecule has 2 N–H and O–H groups in total. The van der Waals surface area contributed by atoms with Crippen LogP contribution in [0.3, 0.4) is 0 Å². The van der Waals surface area contributed by atoms with Crippen LogP contribution in [0.15, 0.2) is 23.3 Å². The van der Waals surface area contributed by atoms with Crippen molar-refractivity contribution < 1.29 is 9.47 Å². The average Bonchev–Trinajstić information content (AvgIpc) is 2.52. The molecule has 0 radical (unpaired) electrons. The van der Waals surface area contributed by atoms with E-state index in [2.05, 4.69) is 22.8 Å². The van der Waals surface area contributed by atoms with E-state index >= 15 is 0 Å². The van der Waals surface area contributed by atoms with E-state index in [1.807, 2.05) is 25.1 Å². The molecular formula is C16H25N3O2S. The molecule has 0 spiro atoms. The van der Waals surface area contributed by atoms with Crippen molar-refractivity contribution in [2.75, 3.05) is 20.3 Å². The number of unbranched alkanes of at least 4 members (excludes halogenated alkanes) is 2. The third kappa shape index (κ3) is 6.76. The van der Waals surface area contributed by atoms with Crippen molar-refractivity contribution in [3.05, 3.63) is 23.8 Å². The van der Waals surface area contributed by atoms with Crippen LogP contribution in [-0.2, 0) is 0 Å². The van der Waals surface area contributed by atoms with Gasteiger partial charge in [-0.1, -0.05) is 19.8 Å². The van der Waals surface area contributed by atoms with Crippen molar-refractivity contribution in [3.8, 4) is 11.5 Å². The lowest BCUT2D eigenvalue weighted by atomic mass is 10.2. The first-order valence-electron chi connectivity index (χ1n) is 7.59. The largest absolute Gasteiger partial charge is 0.493 e. The lowest BCUT2D eigenvalue weighted by Gasteiger charge is -2.09. The Bertz CT molecular complexity index is 492. The molecule has 1 aromatic carbocycles. The van der Waals surface area contributed by atoms with Gasteiger partial charge in [-0.3, -0.25) is 5.43 Å². The molecule has 0 unspecified atom stereocenters. The van der Waals surface area contributed by atoms with Crippen LogP contribution in [0.5, 0.6) is 11.5 Å². The second-order valence-electron chi connectivity index (χ2n) is 4.68. The maximum absolute atomic E-state index is 5.53. The number of nitrogens with zero attached hydrogens (tertiary/aromatic N) is 1. The molecule has 22 heavy (non-hydrogen) atoms. The smallest absolute Gasteiger partial charge is 0.186 e. The number of benzene rings is 1. The maximum Gasteiger partial charge on any atom is 0.186 e. The zero-order valence-electron chi connectivity index (χ0n) is 13.5. The fraction of sp³-hybridized carbons (Fsp3) is 0.500. The van der Waals surface area contributed by atoms with Crippen LogP contribution in [0.2, 0.25) is 0 Å². The summed E-state index contributed by atoms with van der Waals surface area (Å²) in [6.07, 6.45) is 5.20. The minimum absolute atomic E-state index is 0.533. The summed E-state index contributed by atoms with van der Waals surface area (Å²) in [5.41, 5.74) is 3.71. The highest BCUT2D eigenvalue weighted by atomic mass is 32.1. The van der Waals surface area contributed by atoms with Gasteiger partial charge in [0.2, 0.25) is 0 Å². The summed E-state index contributed by atoms with van der Waals surface area (Å²) >= 11 is 5.15. The highest BCUT2D eigenvalue weighted by Gasteiger charge is 2.04. The summed E-state index contributed by atoms with van der Waals surface area (Å²) in [6, 6.07) is 5.64. The normalized spacial score (nSPS) is 10.5. The van der Waals surface area contributed by atoms with Crippen molar-refractivity contribution >= 4 is 23.5 Å². The van der Waals surface area contributed by atoms with Gasteiger partial charge in [-0.2, -0.15) is 5.10 Å². The maximum atomic E-state index is 5.53. The molecule has 1 rings (SSSR count). The van der Waals surface area contributed by atoms with E-state index < -0.39 is 0 Å². The first kappa shape index (κ1) is 18.2. The lowest BCUT2D eigenvalue weighted by Crippen LogP contribution is -2.32. The Hall–Kier alpha value is -1.82.